The minimum atomic E-state index is -0.385. The van der Waals surface area contributed by atoms with Crippen LogP contribution in [0.15, 0.2) is 33.9 Å². The lowest BCUT2D eigenvalue weighted by atomic mass is 10.0. The zero-order valence-electron chi connectivity index (χ0n) is 12.9. The van der Waals surface area contributed by atoms with Crippen molar-refractivity contribution in [3.8, 4) is 12.1 Å². The largest absolute Gasteiger partial charge is 0.268 e. The predicted octanol–water partition coefficient (Wildman–Crippen LogP) is 1.86. The highest BCUT2D eigenvalue weighted by Crippen LogP contribution is 2.24. The minimum absolute atomic E-state index is 0.236. The molecular weight excluding hydrogens is 304 g/mol. The van der Waals surface area contributed by atoms with Crippen LogP contribution in [0.1, 0.15) is 22.5 Å². The van der Waals surface area contributed by atoms with E-state index in [1.807, 2.05) is 12.1 Å². The van der Waals surface area contributed by atoms with Crippen LogP contribution in [-0.4, -0.2) is 8.80 Å². The summed E-state index contributed by atoms with van der Waals surface area (Å²) in [6.07, 6.45) is 0. The fraction of sp³-hybridized carbons (Fsp3) is 0.111. The fourth-order valence-electron chi connectivity index (χ4n) is 3.46. The average Bonchev–Trinajstić information content (AvgIpc) is 3.19. The first-order chi connectivity index (χ1) is 11.5. The Morgan fingerprint density at radius 1 is 0.750 bits per heavy atom. The molecule has 0 aliphatic heterocycles. The van der Waals surface area contributed by atoms with Crippen molar-refractivity contribution in [3.05, 3.63) is 67.5 Å². The smallest absolute Gasteiger partial charge is 0.264 e. The summed E-state index contributed by atoms with van der Waals surface area (Å²) in [4.78, 5) is 25.9. The molecule has 0 radical (unpaired) electrons. The minimum Gasteiger partial charge on any atom is -0.268 e. The monoisotopic (exact) mass is 314 g/mol. The van der Waals surface area contributed by atoms with Crippen molar-refractivity contribution in [2.24, 2.45) is 0 Å². The van der Waals surface area contributed by atoms with E-state index in [1.54, 1.807) is 38.1 Å². The summed E-state index contributed by atoms with van der Waals surface area (Å²) in [5.74, 6) is 0. The standard InChI is InChI=1S/C18H10N4O2/c1-9-13-5-3-11(7-19)21(13)18(24)16-10(2)14-6-4-12(8-20)22(14)17(23)15(9)16/h3-6H,1-2H3. The predicted molar refractivity (Wildman–Crippen MR) is 88.5 cm³/mol. The SMILES string of the molecule is Cc1c2c(=O)n3c(C#N)ccc3c(C)c2c(=O)n2c(C#N)ccc12. The number of hydrogen-bond donors (Lipinski definition) is 0. The Morgan fingerprint density at radius 3 is 1.46 bits per heavy atom. The van der Waals surface area contributed by atoms with Crippen molar-refractivity contribution in [1.82, 2.24) is 8.80 Å². The highest BCUT2D eigenvalue weighted by molar-refractivity contribution is 5.95. The molecule has 4 aromatic heterocycles. The van der Waals surface area contributed by atoms with Gasteiger partial charge in [-0.1, -0.05) is 0 Å². The van der Waals surface area contributed by atoms with Crippen molar-refractivity contribution >= 4 is 21.8 Å². The lowest BCUT2D eigenvalue weighted by Crippen LogP contribution is -2.23. The molecule has 4 rings (SSSR count). The Morgan fingerprint density at radius 2 is 1.12 bits per heavy atom. The third kappa shape index (κ3) is 1.42. The van der Waals surface area contributed by atoms with E-state index in [4.69, 9.17) is 0 Å². The molecule has 0 bridgehead atoms. The van der Waals surface area contributed by atoms with Crippen LogP contribution >= 0.6 is 0 Å². The van der Waals surface area contributed by atoms with Crippen molar-refractivity contribution in [1.29, 1.82) is 10.5 Å². The maximum Gasteiger partial charge on any atom is 0.264 e. The van der Waals surface area contributed by atoms with Crippen molar-refractivity contribution in [2.45, 2.75) is 13.8 Å². The van der Waals surface area contributed by atoms with E-state index >= 15 is 0 Å². The molecule has 0 aliphatic rings. The first-order valence-corrected chi connectivity index (χ1v) is 7.27. The highest BCUT2D eigenvalue weighted by atomic mass is 16.1. The number of aryl methyl sites for hydroxylation is 2. The zero-order chi connectivity index (χ0) is 17.2. The molecule has 0 unspecified atom stereocenters. The Bertz CT molecular complexity index is 1270. The van der Waals surface area contributed by atoms with Gasteiger partial charge in [0.25, 0.3) is 11.1 Å². The van der Waals surface area contributed by atoms with E-state index in [1.165, 1.54) is 8.80 Å². The molecule has 0 spiro atoms. The second kappa shape index (κ2) is 4.43. The maximum atomic E-state index is 13.0. The molecular formula is C18H10N4O2. The molecule has 0 saturated heterocycles. The van der Waals surface area contributed by atoms with Crippen LogP contribution < -0.4 is 11.1 Å². The van der Waals surface area contributed by atoms with Gasteiger partial charge in [0.2, 0.25) is 0 Å². The molecule has 0 N–H and O–H groups in total. The first-order valence-electron chi connectivity index (χ1n) is 7.27. The van der Waals surface area contributed by atoms with Gasteiger partial charge in [0, 0.05) is 0 Å². The van der Waals surface area contributed by atoms with Crippen LogP contribution in [-0.2, 0) is 0 Å². The van der Waals surface area contributed by atoms with Gasteiger partial charge in [0.15, 0.2) is 0 Å². The summed E-state index contributed by atoms with van der Waals surface area (Å²) in [5.41, 5.74) is 2.01. The van der Waals surface area contributed by atoms with Crippen LogP contribution in [0.5, 0.6) is 0 Å². The van der Waals surface area contributed by atoms with E-state index in [0.717, 1.165) is 0 Å². The van der Waals surface area contributed by atoms with E-state index < -0.39 is 0 Å². The summed E-state index contributed by atoms with van der Waals surface area (Å²) in [6, 6.07) is 10.5. The zero-order valence-corrected chi connectivity index (χ0v) is 12.9. The maximum absolute atomic E-state index is 13.0. The molecule has 114 valence electrons. The lowest BCUT2D eigenvalue weighted by Gasteiger charge is -2.10. The summed E-state index contributed by atoms with van der Waals surface area (Å²) in [5, 5.41) is 19.1. The highest BCUT2D eigenvalue weighted by Gasteiger charge is 2.20. The van der Waals surface area contributed by atoms with Crippen molar-refractivity contribution in [2.75, 3.05) is 0 Å². The average molecular weight is 314 g/mol. The molecule has 6 heteroatoms. The molecule has 0 fully saturated rings. The topological polar surface area (TPSA) is 90.5 Å². The van der Waals surface area contributed by atoms with Crippen LogP contribution in [0.3, 0.4) is 0 Å². The van der Waals surface area contributed by atoms with Crippen LogP contribution in [0, 0.1) is 36.5 Å². The molecule has 4 heterocycles. The number of nitrogens with zero attached hydrogens (tertiary/aromatic N) is 4. The third-order valence-corrected chi connectivity index (χ3v) is 4.59. The summed E-state index contributed by atoms with van der Waals surface area (Å²) in [6.45, 7) is 3.50. The molecule has 0 atom stereocenters. The summed E-state index contributed by atoms with van der Waals surface area (Å²) in [7, 11) is 0. The number of aromatic nitrogens is 2. The molecule has 0 aromatic carbocycles. The molecule has 24 heavy (non-hydrogen) atoms. The van der Waals surface area contributed by atoms with E-state index in [0.29, 0.717) is 32.9 Å². The molecule has 0 aliphatic carbocycles. The summed E-state index contributed by atoms with van der Waals surface area (Å²) < 4.78 is 2.68. The van der Waals surface area contributed by atoms with Gasteiger partial charge in [-0.15, -0.1) is 0 Å². The first kappa shape index (κ1) is 14.0. The quantitative estimate of drug-likeness (QED) is 0.495. The molecule has 0 saturated carbocycles. The van der Waals surface area contributed by atoms with E-state index in [9.17, 15) is 20.1 Å². The fourth-order valence-corrected chi connectivity index (χ4v) is 3.46. The van der Waals surface area contributed by atoms with Crippen molar-refractivity contribution < 1.29 is 0 Å². The van der Waals surface area contributed by atoms with Gasteiger partial charge in [0.05, 0.1) is 21.8 Å². The van der Waals surface area contributed by atoms with Gasteiger partial charge in [0.1, 0.15) is 23.5 Å². The lowest BCUT2D eigenvalue weighted by molar-refractivity contribution is 1.07. The van der Waals surface area contributed by atoms with Gasteiger partial charge in [-0.2, -0.15) is 10.5 Å². The number of rotatable bonds is 0. The number of hydrogen-bond acceptors (Lipinski definition) is 4. The van der Waals surface area contributed by atoms with Gasteiger partial charge in [-0.05, 0) is 49.2 Å². The summed E-state index contributed by atoms with van der Waals surface area (Å²) >= 11 is 0. The number of pyridine rings is 2. The van der Waals surface area contributed by atoms with Crippen LogP contribution in [0.2, 0.25) is 0 Å². The Kier molecular flexibility index (Phi) is 2.58. The normalized spacial score (nSPS) is 11.2. The van der Waals surface area contributed by atoms with E-state index in [2.05, 4.69) is 0 Å². The number of nitriles is 2. The Hall–Kier alpha value is -3.64. The van der Waals surface area contributed by atoms with Gasteiger partial charge in [-0.25, -0.2) is 0 Å². The van der Waals surface area contributed by atoms with Gasteiger partial charge in [-0.3, -0.25) is 18.4 Å². The number of fused-ring (bicyclic) bond motifs is 3. The van der Waals surface area contributed by atoms with E-state index in [-0.39, 0.29) is 22.5 Å². The molecule has 4 aromatic rings. The Labute approximate surface area is 135 Å². The molecule has 6 nitrogen and oxygen atoms in total. The van der Waals surface area contributed by atoms with Crippen LogP contribution in [0.25, 0.3) is 21.8 Å². The molecule has 0 amide bonds. The van der Waals surface area contributed by atoms with Crippen molar-refractivity contribution in [3.63, 3.8) is 0 Å². The third-order valence-electron chi connectivity index (χ3n) is 4.59. The Balaban J connectivity index is 2.47. The van der Waals surface area contributed by atoms with Gasteiger partial charge < -0.3 is 0 Å². The second-order valence-corrected chi connectivity index (χ2v) is 5.71. The van der Waals surface area contributed by atoms with Crippen LogP contribution in [0.4, 0.5) is 0 Å². The second-order valence-electron chi connectivity index (χ2n) is 5.71. The van der Waals surface area contributed by atoms with Gasteiger partial charge >= 0.3 is 0 Å².